The summed E-state index contributed by atoms with van der Waals surface area (Å²) < 4.78 is 47.1. The average molecular weight is 295 g/mol. The highest BCUT2D eigenvalue weighted by Crippen LogP contribution is 2.45. The zero-order chi connectivity index (χ0) is 15.7. The van der Waals surface area contributed by atoms with Gasteiger partial charge in [0.25, 0.3) is 0 Å². The Morgan fingerprint density at radius 2 is 1.95 bits per heavy atom. The normalized spacial score (nSPS) is 11.1. The number of phenolic OH excluding ortho intramolecular Hbond substituents is 1. The Labute approximate surface area is 109 Å². The largest absolute Gasteiger partial charge is 0.499 e. The molecule has 10 heteroatoms. The molecule has 20 heavy (non-hydrogen) atoms. The molecule has 0 spiro atoms. The van der Waals surface area contributed by atoms with Crippen molar-refractivity contribution < 1.29 is 37.5 Å². The van der Waals surface area contributed by atoms with Crippen molar-refractivity contribution in [3.8, 4) is 11.5 Å². The SMILES string of the molecule is COC(=O)c1c(C(F)(F)F)cc(OC)c(O)c1[N+](=O)[O-]. The summed E-state index contributed by atoms with van der Waals surface area (Å²) in [4.78, 5) is 20.9. The van der Waals surface area contributed by atoms with Crippen LogP contribution in [0.2, 0.25) is 0 Å². The van der Waals surface area contributed by atoms with Crippen molar-refractivity contribution in [3.63, 3.8) is 0 Å². The van der Waals surface area contributed by atoms with Crippen LogP contribution in [0.15, 0.2) is 6.07 Å². The van der Waals surface area contributed by atoms with Crippen LogP contribution in [0.4, 0.5) is 18.9 Å². The van der Waals surface area contributed by atoms with Crippen LogP contribution in [0, 0.1) is 10.1 Å². The lowest BCUT2D eigenvalue weighted by Crippen LogP contribution is -2.17. The van der Waals surface area contributed by atoms with E-state index in [1.165, 1.54) is 0 Å². The average Bonchev–Trinajstić information content (AvgIpc) is 2.35. The van der Waals surface area contributed by atoms with E-state index in [0.717, 1.165) is 14.2 Å². The Balaban J connectivity index is 3.88. The smallest absolute Gasteiger partial charge is 0.417 e. The topological polar surface area (TPSA) is 98.9 Å². The molecule has 0 unspecified atom stereocenters. The van der Waals surface area contributed by atoms with Gasteiger partial charge in [0, 0.05) is 0 Å². The summed E-state index contributed by atoms with van der Waals surface area (Å²) in [5.41, 5.74) is -4.45. The number of nitrogens with zero attached hydrogens (tertiary/aromatic N) is 1. The standard InChI is InChI=1S/C10H8F3NO6/c1-19-5-3-4(10(11,12)13)6(9(16)20-2)7(8(5)15)14(17)18/h3,15H,1-2H3. The van der Waals surface area contributed by atoms with E-state index in [0.29, 0.717) is 0 Å². The van der Waals surface area contributed by atoms with Crippen molar-refractivity contribution in [1.29, 1.82) is 0 Å². The van der Waals surface area contributed by atoms with E-state index in [2.05, 4.69) is 9.47 Å². The monoisotopic (exact) mass is 295 g/mol. The summed E-state index contributed by atoms with van der Waals surface area (Å²) in [5, 5.41) is 20.4. The Kier molecular flexibility index (Phi) is 4.06. The van der Waals surface area contributed by atoms with Gasteiger partial charge in [0.15, 0.2) is 11.3 Å². The minimum atomic E-state index is -5.07. The fraction of sp³-hybridized carbons (Fsp3) is 0.300. The summed E-state index contributed by atoms with van der Waals surface area (Å²) >= 11 is 0. The second kappa shape index (κ2) is 5.23. The summed E-state index contributed by atoms with van der Waals surface area (Å²) in [7, 11) is 1.67. The van der Waals surface area contributed by atoms with Gasteiger partial charge in [-0.1, -0.05) is 0 Å². The van der Waals surface area contributed by atoms with Crippen LogP contribution in [0.5, 0.6) is 11.5 Å². The molecular weight excluding hydrogens is 287 g/mol. The van der Waals surface area contributed by atoms with E-state index in [9.17, 15) is 33.2 Å². The van der Waals surface area contributed by atoms with Gasteiger partial charge in [-0.25, -0.2) is 4.79 Å². The minimum absolute atomic E-state index is 0.286. The second-order valence-corrected chi connectivity index (χ2v) is 3.45. The highest BCUT2D eigenvalue weighted by molar-refractivity contribution is 5.97. The number of carbonyl (C=O) groups excluding carboxylic acids is 1. The zero-order valence-electron chi connectivity index (χ0n) is 10.1. The molecule has 0 aliphatic rings. The molecule has 0 aliphatic heterocycles. The van der Waals surface area contributed by atoms with E-state index in [1.54, 1.807) is 0 Å². The van der Waals surface area contributed by atoms with Gasteiger partial charge in [-0.15, -0.1) is 0 Å². The summed E-state index contributed by atoms with van der Waals surface area (Å²) in [5.74, 6) is -3.57. The van der Waals surface area contributed by atoms with E-state index >= 15 is 0 Å². The number of aromatic hydroxyl groups is 1. The van der Waals surface area contributed by atoms with Gasteiger partial charge < -0.3 is 14.6 Å². The fourth-order valence-electron chi connectivity index (χ4n) is 1.50. The maximum Gasteiger partial charge on any atom is 0.417 e. The molecule has 0 saturated carbocycles. The molecule has 0 amide bonds. The Hall–Kier alpha value is -2.52. The maximum atomic E-state index is 12.9. The Morgan fingerprint density at radius 3 is 2.30 bits per heavy atom. The Bertz CT molecular complexity index is 569. The van der Waals surface area contributed by atoms with Crippen molar-refractivity contribution in [2.45, 2.75) is 6.18 Å². The minimum Gasteiger partial charge on any atom is -0.499 e. The highest BCUT2D eigenvalue weighted by Gasteiger charge is 2.43. The third-order valence-corrected chi connectivity index (χ3v) is 2.34. The predicted octanol–water partition coefficient (Wildman–Crippen LogP) is 2.11. The number of alkyl halides is 3. The first-order valence-corrected chi connectivity index (χ1v) is 4.89. The quantitative estimate of drug-likeness (QED) is 0.521. The van der Waals surface area contributed by atoms with Crippen LogP contribution >= 0.6 is 0 Å². The van der Waals surface area contributed by atoms with Crippen molar-refractivity contribution >= 4 is 11.7 Å². The number of hydrogen-bond donors (Lipinski definition) is 1. The van der Waals surface area contributed by atoms with Crippen LogP contribution in [0.3, 0.4) is 0 Å². The molecule has 0 bridgehead atoms. The number of methoxy groups -OCH3 is 2. The number of rotatable bonds is 3. The number of nitro groups is 1. The summed E-state index contributed by atoms with van der Waals surface area (Å²) in [6.45, 7) is 0. The molecule has 1 aromatic carbocycles. The first kappa shape index (κ1) is 15.5. The molecule has 0 heterocycles. The van der Waals surface area contributed by atoms with Crippen LogP contribution in [-0.4, -0.2) is 30.2 Å². The highest BCUT2D eigenvalue weighted by atomic mass is 19.4. The van der Waals surface area contributed by atoms with Gasteiger partial charge in [0.1, 0.15) is 0 Å². The number of nitro benzene ring substituents is 1. The second-order valence-electron chi connectivity index (χ2n) is 3.45. The molecule has 0 aromatic heterocycles. The van der Waals surface area contributed by atoms with Crippen molar-refractivity contribution in [3.05, 3.63) is 27.3 Å². The Morgan fingerprint density at radius 1 is 1.40 bits per heavy atom. The van der Waals surface area contributed by atoms with Crippen molar-refractivity contribution in [2.75, 3.05) is 14.2 Å². The number of carbonyl (C=O) groups is 1. The van der Waals surface area contributed by atoms with Crippen molar-refractivity contribution in [2.24, 2.45) is 0 Å². The summed E-state index contributed by atoms with van der Waals surface area (Å²) in [6.07, 6.45) is -5.07. The molecule has 0 atom stereocenters. The van der Waals surface area contributed by atoms with Crippen LogP contribution < -0.4 is 4.74 Å². The third kappa shape index (κ3) is 2.58. The van der Waals surface area contributed by atoms with Crippen LogP contribution in [0.25, 0.3) is 0 Å². The molecule has 0 aliphatic carbocycles. The first-order valence-electron chi connectivity index (χ1n) is 4.89. The maximum absolute atomic E-state index is 12.9. The molecule has 1 aromatic rings. The molecule has 7 nitrogen and oxygen atoms in total. The third-order valence-electron chi connectivity index (χ3n) is 2.34. The molecule has 0 fully saturated rings. The van der Waals surface area contributed by atoms with Gasteiger partial charge in [-0.3, -0.25) is 10.1 Å². The van der Waals surface area contributed by atoms with Gasteiger partial charge in [-0.2, -0.15) is 13.2 Å². The number of benzene rings is 1. The number of hydrogen-bond acceptors (Lipinski definition) is 6. The van der Waals surface area contributed by atoms with Crippen LogP contribution in [-0.2, 0) is 10.9 Å². The lowest BCUT2D eigenvalue weighted by Gasteiger charge is -2.14. The lowest BCUT2D eigenvalue weighted by molar-refractivity contribution is -0.386. The molecule has 0 saturated heterocycles. The van der Waals surface area contributed by atoms with Gasteiger partial charge >= 0.3 is 17.8 Å². The number of phenols is 1. The predicted molar refractivity (Wildman–Crippen MR) is 57.7 cm³/mol. The van der Waals surface area contributed by atoms with Crippen LogP contribution in [0.1, 0.15) is 15.9 Å². The van der Waals surface area contributed by atoms with Gasteiger partial charge in [0.2, 0.25) is 5.75 Å². The van der Waals surface area contributed by atoms with Crippen molar-refractivity contribution in [1.82, 2.24) is 0 Å². The van der Waals surface area contributed by atoms with Gasteiger partial charge in [-0.05, 0) is 6.07 Å². The van der Waals surface area contributed by atoms with Gasteiger partial charge in [0.05, 0.1) is 24.7 Å². The molecule has 1 N–H and O–H groups in total. The first-order chi connectivity index (χ1) is 9.15. The molecule has 110 valence electrons. The lowest BCUT2D eigenvalue weighted by atomic mass is 10.0. The molecular formula is C10H8F3NO6. The number of ether oxygens (including phenoxy) is 2. The summed E-state index contributed by atoms with van der Waals surface area (Å²) in [6, 6.07) is 0.286. The van der Waals surface area contributed by atoms with E-state index < -0.39 is 45.4 Å². The van der Waals surface area contributed by atoms with E-state index in [1.807, 2.05) is 0 Å². The zero-order valence-corrected chi connectivity index (χ0v) is 10.1. The van der Waals surface area contributed by atoms with E-state index in [4.69, 9.17) is 0 Å². The molecule has 0 radical (unpaired) electrons. The van der Waals surface area contributed by atoms with E-state index in [-0.39, 0.29) is 6.07 Å². The fourth-order valence-corrected chi connectivity index (χ4v) is 1.50. The number of esters is 1. The number of halogens is 3. The molecule has 1 rings (SSSR count).